The molecule has 0 spiro atoms. The van der Waals surface area contributed by atoms with Gasteiger partial charge in [-0.2, -0.15) is 0 Å². The van der Waals surface area contributed by atoms with Gasteiger partial charge in [0.15, 0.2) is 0 Å². The maximum absolute atomic E-state index is 6.02. The summed E-state index contributed by atoms with van der Waals surface area (Å²) in [5.41, 5.74) is 6.02. The van der Waals surface area contributed by atoms with Crippen LogP contribution in [0, 0.1) is 5.92 Å². The molecule has 0 radical (unpaired) electrons. The van der Waals surface area contributed by atoms with Gasteiger partial charge in [0.25, 0.3) is 0 Å². The Morgan fingerprint density at radius 2 is 1.85 bits per heavy atom. The largest absolute Gasteiger partial charge is 0.326 e. The van der Waals surface area contributed by atoms with Crippen LogP contribution in [0.1, 0.15) is 40.5 Å². The fourth-order valence-electron chi connectivity index (χ4n) is 1.27. The van der Waals surface area contributed by atoms with Crippen LogP contribution in [0.3, 0.4) is 0 Å². The lowest BCUT2D eigenvalue weighted by Crippen LogP contribution is -2.41. The molecule has 0 rings (SSSR count). The lowest BCUT2D eigenvalue weighted by molar-refractivity contribution is 0.245. The smallest absolute Gasteiger partial charge is 0.0191 e. The van der Waals surface area contributed by atoms with E-state index in [4.69, 9.17) is 5.73 Å². The van der Waals surface area contributed by atoms with Gasteiger partial charge < -0.3 is 10.6 Å². The van der Waals surface area contributed by atoms with E-state index in [9.17, 15) is 0 Å². The fraction of sp³-hybridized carbons (Fsp3) is 1.00. The quantitative estimate of drug-likeness (QED) is 0.659. The van der Waals surface area contributed by atoms with E-state index in [-0.39, 0.29) is 0 Å². The second-order valence-corrected chi connectivity index (χ2v) is 4.15. The highest BCUT2D eigenvalue weighted by Gasteiger charge is 2.11. The summed E-state index contributed by atoms with van der Waals surface area (Å²) >= 11 is 0. The Labute approximate surface area is 83.5 Å². The first-order valence-electron chi connectivity index (χ1n) is 5.59. The van der Waals surface area contributed by atoms with Crippen LogP contribution in [0.15, 0.2) is 0 Å². The van der Waals surface area contributed by atoms with E-state index in [1.807, 2.05) is 0 Å². The van der Waals surface area contributed by atoms with Crippen molar-refractivity contribution < 1.29 is 0 Å². The predicted molar refractivity (Wildman–Crippen MR) is 59.8 cm³/mol. The molecule has 0 aromatic rings. The van der Waals surface area contributed by atoms with Crippen molar-refractivity contribution in [2.45, 2.75) is 46.6 Å². The second-order valence-electron chi connectivity index (χ2n) is 4.15. The maximum Gasteiger partial charge on any atom is 0.0191 e. The van der Waals surface area contributed by atoms with Gasteiger partial charge in [0.05, 0.1) is 0 Å². The third-order valence-corrected chi connectivity index (χ3v) is 2.60. The number of nitrogens with zero attached hydrogens (tertiary/aromatic N) is 1. The minimum Gasteiger partial charge on any atom is -0.326 e. The number of nitrogens with two attached hydrogens (primary N) is 1. The first-order valence-corrected chi connectivity index (χ1v) is 5.59. The summed E-state index contributed by atoms with van der Waals surface area (Å²) in [6, 6.07) is 0.330. The van der Waals surface area contributed by atoms with Crippen molar-refractivity contribution in [3.8, 4) is 0 Å². The molecule has 0 aliphatic heterocycles. The van der Waals surface area contributed by atoms with Gasteiger partial charge in [-0.15, -0.1) is 0 Å². The van der Waals surface area contributed by atoms with Crippen LogP contribution < -0.4 is 5.73 Å². The van der Waals surface area contributed by atoms with Crippen LogP contribution in [0.2, 0.25) is 0 Å². The van der Waals surface area contributed by atoms with E-state index in [1.165, 1.54) is 19.4 Å². The molecule has 0 aromatic carbocycles. The van der Waals surface area contributed by atoms with Gasteiger partial charge in [-0.05, 0) is 25.4 Å². The molecular formula is C11H26N2. The van der Waals surface area contributed by atoms with Gasteiger partial charge in [0.1, 0.15) is 0 Å². The van der Waals surface area contributed by atoms with Crippen molar-refractivity contribution >= 4 is 0 Å². The molecule has 0 aliphatic rings. The molecule has 0 heterocycles. The topological polar surface area (TPSA) is 29.3 Å². The van der Waals surface area contributed by atoms with Crippen molar-refractivity contribution in [2.24, 2.45) is 11.7 Å². The van der Waals surface area contributed by atoms with Gasteiger partial charge in [0, 0.05) is 12.6 Å². The summed E-state index contributed by atoms with van der Waals surface area (Å²) in [7, 11) is 0. The second kappa shape index (κ2) is 7.34. The summed E-state index contributed by atoms with van der Waals surface area (Å²) in [6.07, 6.45) is 2.56. The van der Waals surface area contributed by atoms with E-state index < -0.39 is 0 Å². The van der Waals surface area contributed by atoms with Gasteiger partial charge in [-0.25, -0.2) is 0 Å². The summed E-state index contributed by atoms with van der Waals surface area (Å²) < 4.78 is 0. The molecule has 1 unspecified atom stereocenters. The van der Waals surface area contributed by atoms with E-state index >= 15 is 0 Å². The van der Waals surface area contributed by atoms with Crippen LogP contribution in [-0.4, -0.2) is 30.6 Å². The van der Waals surface area contributed by atoms with Crippen molar-refractivity contribution in [3.05, 3.63) is 0 Å². The minimum atomic E-state index is 0.330. The van der Waals surface area contributed by atoms with Gasteiger partial charge in [-0.3, -0.25) is 0 Å². The van der Waals surface area contributed by atoms with Crippen LogP contribution in [0.25, 0.3) is 0 Å². The number of likely N-dealkylation sites (N-methyl/N-ethyl adjacent to an activating group) is 1. The number of hydrogen-bond acceptors (Lipinski definition) is 2. The molecule has 2 N–H and O–H groups in total. The summed E-state index contributed by atoms with van der Waals surface area (Å²) in [6.45, 7) is 12.2. The maximum atomic E-state index is 6.02. The molecule has 13 heavy (non-hydrogen) atoms. The van der Waals surface area contributed by atoms with Crippen LogP contribution in [0.4, 0.5) is 0 Å². The van der Waals surface area contributed by atoms with Crippen molar-refractivity contribution in [2.75, 3.05) is 19.6 Å². The number of rotatable bonds is 7. The van der Waals surface area contributed by atoms with Crippen LogP contribution >= 0.6 is 0 Å². The Morgan fingerprint density at radius 3 is 2.23 bits per heavy atom. The molecule has 80 valence electrons. The van der Waals surface area contributed by atoms with Crippen LogP contribution in [-0.2, 0) is 0 Å². The third kappa shape index (κ3) is 6.05. The molecule has 0 aliphatic carbocycles. The van der Waals surface area contributed by atoms with Crippen molar-refractivity contribution in [3.63, 3.8) is 0 Å². The van der Waals surface area contributed by atoms with Gasteiger partial charge >= 0.3 is 0 Å². The molecule has 0 amide bonds. The fourth-order valence-corrected chi connectivity index (χ4v) is 1.27. The molecule has 2 heteroatoms. The average molecular weight is 186 g/mol. The normalized spacial score (nSPS) is 14.1. The minimum absolute atomic E-state index is 0.330. The molecule has 0 aromatic heterocycles. The first-order chi connectivity index (χ1) is 6.11. The lowest BCUT2D eigenvalue weighted by atomic mass is 10.1. The Hall–Kier alpha value is -0.0800. The molecular weight excluding hydrogens is 160 g/mol. The SMILES string of the molecule is CCCCN(CC)CC(N)C(C)C. The van der Waals surface area contributed by atoms with Gasteiger partial charge in [0.2, 0.25) is 0 Å². The van der Waals surface area contributed by atoms with E-state index in [0.29, 0.717) is 12.0 Å². The molecule has 0 saturated heterocycles. The molecule has 0 bridgehead atoms. The molecule has 0 fully saturated rings. The van der Waals surface area contributed by atoms with E-state index in [1.54, 1.807) is 0 Å². The van der Waals surface area contributed by atoms with Crippen LogP contribution in [0.5, 0.6) is 0 Å². The highest BCUT2D eigenvalue weighted by atomic mass is 15.1. The Kier molecular flexibility index (Phi) is 7.29. The Morgan fingerprint density at radius 1 is 1.23 bits per heavy atom. The predicted octanol–water partition coefficient (Wildman–Crippen LogP) is 2.09. The lowest BCUT2D eigenvalue weighted by Gasteiger charge is -2.25. The number of unbranched alkanes of at least 4 members (excludes halogenated alkanes) is 1. The zero-order valence-corrected chi connectivity index (χ0v) is 9.71. The van der Waals surface area contributed by atoms with E-state index in [0.717, 1.165) is 13.1 Å². The molecule has 1 atom stereocenters. The Balaban J connectivity index is 3.69. The standard InChI is InChI=1S/C11H26N2/c1-5-7-8-13(6-2)9-11(12)10(3)4/h10-11H,5-9,12H2,1-4H3. The highest BCUT2D eigenvalue weighted by Crippen LogP contribution is 2.02. The summed E-state index contributed by atoms with van der Waals surface area (Å²) in [4.78, 5) is 2.45. The number of hydrogen-bond donors (Lipinski definition) is 1. The van der Waals surface area contributed by atoms with Crippen molar-refractivity contribution in [1.82, 2.24) is 4.90 Å². The molecule has 0 saturated carbocycles. The summed E-state index contributed by atoms with van der Waals surface area (Å²) in [5.74, 6) is 0.593. The first kappa shape index (κ1) is 12.9. The van der Waals surface area contributed by atoms with Gasteiger partial charge in [-0.1, -0.05) is 34.1 Å². The highest BCUT2D eigenvalue weighted by molar-refractivity contribution is 4.70. The molecule has 2 nitrogen and oxygen atoms in total. The average Bonchev–Trinajstić information content (AvgIpc) is 2.11. The zero-order valence-electron chi connectivity index (χ0n) is 9.71. The van der Waals surface area contributed by atoms with Crippen molar-refractivity contribution in [1.29, 1.82) is 0 Å². The monoisotopic (exact) mass is 186 g/mol. The zero-order chi connectivity index (χ0) is 10.3. The Bertz CT molecular complexity index is 113. The van der Waals surface area contributed by atoms with E-state index in [2.05, 4.69) is 32.6 Å². The third-order valence-electron chi connectivity index (χ3n) is 2.60. The summed E-state index contributed by atoms with van der Waals surface area (Å²) in [5, 5.41) is 0.